The molecule has 0 atom stereocenters. The molecule has 20 heteroatoms. The predicted molar refractivity (Wildman–Crippen MR) is 133 cm³/mol. The molecule has 0 nitrogen and oxygen atoms in total. The first kappa shape index (κ1) is 211. The first-order valence-electron chi connectivity index (χ1n) is 0. The van der Waals surface area contributed by atoms with Gasteiger partial charge in [-0.2, -0.15) is 162 Å². The maximum Gasteiger partial charge on any atom is 1.00 e. The fourth-order valence-electron chi connectivity index (χ4n) is 0. The van der Waals surface area contributed by atoms with Crippen LogP contribution >= 0.6 is 162 Å². The predicted octanol–water partition coefficient (Wildman–Crippen LogP) is -21.7. The average molecular weight is 601 g/mol. The van der Waals surface area contributed by atoms with Crippen LogP contribution in [0.4, 0.5) is 0 Å². The van der Waals surface area contributed by atoms with E-state index in [9.17, 15) is 0 Å². The standard InChI is InChI=1S/8Na.12H2S.8H/h;;;;;;;;12*1H2;;;;;;;;/q8*+1;;;;;;;;;;;;;8*-1. The summed E-state index contributed by atoms with van der Waals surface area (Å²) in [7, 11) is 0. The molecule has 0 fully saturated rings. The van der Waals surface area contributed by atoms with Gasteiger partial charge in [-0.25, -0.2) is 0 Å². The van der Waals surface area contributed by atoms with Crippen LogP contribution in [-0.4, -0.2) is 0 Å². The SMILES string of the molecule is S.S.S.S.S.S.S.S.S.S.S.S.[H-].[H-].[H-].[H-].[H-].[H-].[H-].[H-].[Na+].[Na+].[Na+].[Na+].[Na+].[Na+].[Na+].[Na+]. The quantitative estimate of drug-likeness (QED) is 0.243. The van der Waals surface area contributed by atoms with Crippen LogP contribution in [0.2, 0.25) is 0 Å². The van der Waals surface area contributed by atoms with Crippen molar-refractivity contribution in [2.24, 2.45) is 0 Å². The molecule has 0 amide bonds. The molecule has 0 aromatic carbocycles. The third-order valence-electron chi connectivity index (χ3n) is 0. The molecule has 112 valence electrons. The van der Waals surface area contributed by atoms with Gasteiger partial charge in [0.1, 0.15) is 0 Å². The molecule has 0 aliphatic carbocycles. The van der Waals surface area contributed by atoms with Crippen LogP contribution in [0, 0.1) is 0 Å². The summed E-state index contributed by atoms with van der Waals surface area (Å²) in [6.07, 6.45) is 0. The summed E-state index contributed by atoms with van der Waals surface area (Å²) in [6, 6.07) is 0. The Hall–Kier alpha value is 12.2. The van der Waals surface area contributed by atoms with Crippen molar-refractivity contribution in [3.05, 3.63) is 0 Å². The van der Waals surface area contributed by atoms with E-state index >= 15 is 0 Å². The number of rotatable bonds is 0. The first-order chi connectivity index (χ1) is 0. The normalized spacial score (nSPS) is 0. The van der Waals surface area contributed by atoms with Crippen LogP contribution in [0.5, 0.6) is 0 Å². The molecule has 0 spiro atoms. The Bertz CT molecular complexity index is 43.6. The largest absolute Gasteiger partial charge is 1.00 e. The smallest absolute Gasteiger partial charge is 1.00 e. The van der Waals surface area contributed by atoms with E-state index < -0.39 is 0 Å². The van der Waals surface area contributed by atoms with E-state index in [0.29, 0.717) is 0 Å². The van der Waals surface area contributed by atoms with E-state index in [1.54, 1.807) is 0 Å². The zero-order valence-corrected chi connectivity index (χ0v) is 42.0. The van der Waals surface area contributed by atoms with E-state index in [2.05, 4.69) is 0 Å². The van der Waals surface area contributed by atoms with Gasteiger partial charge in [0.05, 0.1) is 0 Å². The summed E-state index contributed by atoms with van der Waals surface area (Å²) >= 11 is 0. The molecule has 0 aliphatic rings. The Morgan fingerprint density at radius 3 is 0.150 bits per heavy atom. The second-order valence-electron chi connectivity index (χ2n) is 0. The molecule has 0 saturated heterocycles. The Morgan fingerprint density at radius 2 is 0.150 bits per heavy atom. The van der Waals surface area contributed by atoms with Gasteiger partial charge in [0.2, 0.25) is 0 Å². The minimum atomic E-state index is 0. The molecule has 0 aromatic heterocycles. The van der Waals surface area contributed by atoms with Gasteiger partial charge < -0.3 is 11.4 Å². The van der Waals surface area contributed by atoms with Crippen LogP contribution in [0.3, 0.4) is 0 Å². The summed E-state index contributed by atoms with van der Waals surface area (Å²) < 4.78 is 0. The molecule has 0 N–H and O–H groups in total. The van der Waals surface area contributed by atoms with Gasteiger partial charge in [-0.15, -0.1) is 0 Å². The molecule has 0 aromatic rings. The molecule has 0 bridgehead atoms. The van der Waals surface area contributed by atoms with Gasteiger partial charge in [-0.3, -0.25) is 0 Å². The van der Waals surface area contributed by atoms with Gasteiger partial charge in [0, 0.05) is 0 Å². The third-order valence-corrected chi connectivity index (χ3v) is 0. The van der Waals surface area contributed by atoms with Gasteiger partial charge in [-0.05, 0) is 0 Å². The molecule has 0 aliphatic heterocycles. The van der Waals surface area contributed by atoms with Gasteiger partial charge in [0.25, 0.3) is 0 Å². The maximum atomic E-state index is 0. The van der Waals surface area contributed by atoms with Gasteiger partial charge >= 0.3 is 236 Å². The van der Waals surface area contributed by atoms with Gasteiger partial charge in [0.15, 0.2) is 0 Å². The van der Waals surface area contributed by atoms with Crippen LogP contribution in [0.25, 0.3) is 0 Å². The summed E-state index contributed by atoms with van der Waals surface area (Å²) in [6.45, 7) is 0. The fourth-order valence-corrected chi connectivity index (χ4v) is 0. The summed E-state index contributed by atoms with van der Waals surface area (Å²) in [5.74, 6) is 0. The Balaban J connectivity index is 0. The van der Waals surface area contributed by atoms with E-state index in [1.165, 1.54) is 0 Å². The summed E-state index contributed by atoms with van der Waals surface area (Å²) in [4.78, 5) is 0. The van der Waals surface area contributed by atoms with Crippen molar-refractivity contribution in [1.29, 1.82) is 0 Å². The van der Waals surface area contributed by atoms with E-state index in [0.717, 1.165) is 0 Å². The van der Waals surface area contributed by atoms with Crippen molar-refractivity contribution < 1.29 is 248 Å². The second-order valence-corrected chi connectivity index (χ2v) is 0. The molecular formula is H32Na8S12. The molecule has 20 heavy (non-hydrogen) atoms. The Kier molecular flexibility index (Phi) is 2010. The minimum absolute atomic E-state index is 0. The van der Waals surface area contributed by atoms with E-state index in [-0.39, 0.29) is 410 Å². The van der Waals surface area contributed by atoms with Crippen LogP contribution in [0.1, 0.15) is 11.4 Å². The average Bonchev–Trinajstić information content (AvgIpc) is 0. The Morgan fingerprint density at radius 1 is 0.150 bits per heavy atom. The van der Waals surface area contributed by atoms with Crippen molar-refractivity contribution in [2.75, 3.05) is 0 Å². The zero-order valence-electron chi connectivity index (χ0n) is 22.0. The number of hydrogen-bond donors (Lipinski definition) is 0. The van der Waals surface area contributed by atoms with Crippen LogP contribution in [-0.2, 0) is 0 Å². The van der Waals surface area contributed by atoms with Crippen molar-refractivity contribution in [3.8, 4) is 0 Å². The minimum Gasteiger partial charge on any atom is -1.00 e. The first-order valence-corrected chi connectivity index (χ1v) is 0. The molecule has 0 rings (SSSR count). The van der Waals surface area contributed by atoms with Crippen molar-refractivity contribution in [2.45, 2.75) is 0 Å². The topological polar surface area (TPSA) is 0 Å². The Labute approximate surface area is 399 Å². The van der Waals surface area contributed by atoms with Gasteiger partial charge in [-0.1, -0.05) is 0 Å². The monoisotopic (exact) mass is 600 g/mol. The molecule has 0 unspecified atom stereocenters. The van der Waals surface area contributed by atoms with Crippen molar-refractivity contribution >= 4 is 162 Å². The summed E-state index contributed by atoms with van der Waals surface area (Å²) in [5, 5.41) is 0. The van der Waals surface area contributed by atoms with E-state index in [4.69, 9.17) is 0 Å². The van der Waals surface area contributed by atoms with Crippen molar-refractivity contribution in [3.63, 3.8) is 0 Å². The number of hydrogen-bond acceptors (Lipinski definition) is 0. The molecule has 0 radical (unpaired) electrons. The third kappa shape index (κ3) is 173. The second kappa shape index (κ2) is 191. The van der Waals surface area contributed by atoms with Crippen LogP contribution in [0.15, 0.2) is 0 Å². The molecular weight excluding hydrogens is 569 g/mol. The zero-order chi connectivity index (χ0) is 0. The van der Waals surface area contributed by atoms with Crippen molar-refractivity contribution in [1.82, 2.24) is 0 Å². The van der Waals surface area contributed by atoms with Crippen LogP contribution < -0.4 is 236 Å². The maximum absolute atomic E-state index is 0. The van der Waals surface area contributed by atoms with E-state index in [1.807, 2.05) is 0 Å². The molecule has 0 heterocycles. The summed E-state index contributed by atoms with van der Waals surface area (Å²) in [5.41, 5.74) is 0. The fraction of sp³-hybridized carbons (Fsp3) is 0. The molecule has 0 saturated carbocycles.